The molecule has 0 spiro atoms. The molecule has 0 saturated heterocycles. The van der Waals surface area contributed by atoms with Gasteiger partial charge in [0.2, 0.25) is 0 Å². The van der Waals surface area contributed by atoms with Crippen LogP contribution in [-0.2, 0) is 14.1 Å². The van der Waals surface area contributed by atoms with Gasteiger partial charge in [-0.1, -0.05) is 58.7 Å². The van der Waals surface area contributed by atoms with E-state index in [2.05, 4.69) is 5.09 Å². The largest absolute Gasteiger partial charge is 0.513 e. The average Bonchev–Trinajstić information content (AvgIpc) is 2.79. The van der Waals surface area contributed by atoms with E-state index >= 15 is 0 Å². The van der Waals surface area contributed by atoms with Gasteiger partial charge in [-0.2, -0.15) is 5.09 Å². The zero-order valence-electron chi connectivity index (χ0n) is 20.0. The first kappa shape index (κ1) is 27.3. The van der Waals surface area contributed by atoms with Crippen LogP contribution in [0.3, 0.4) is 0 Å². The number of nitrogens with one attached hydrogen (secondary N) is 1. The fourth-order valence-electron chi connectivity index (χ4n) is 3.15. The molecule has 34 heavy (non-hydrogen) atoms. The third-order valence-corrected chi connectivity index (χ3v) is 6.69. The predicted molar refractivity (Wildman–Crippen MR) is 130 cm³/mol. The highest BCUT2D eigenvalue weighted by atomic mass is 31.2. The summed E-state index contributed by atoms with van der Waals surface area (Å²) in [5, 5.41) is 13.7. The van der Waals surface area contributed by atoms with Crippen LogP contribution in [0.2, 0.25) is 0 Å². The zero-order valence-corrected chi connectivity index (χ0v) is 20.9. The van der Waals surface area contributed by atoms with Crippen molar-refractivity contribution >= 4 is 19.4 Å². The second-order valence-electron chi connectivity index (χ2n) is 8.37. The number of nitrogens with zero attached hydrogens (tertiary/aromatic N) is 1. The molecule has 0 amide bonds. The molecule has 0 heterocycles. The Balaban J connectivity index is 2.29. The molecule has 0 aliphatic rings. The number of benzene rings is 2. The van der Waals surface area contributed by atoms with Gasteiger partial charge in [-0.3, -0.25) is 14.9 Å². The van der Waals surface area contributed by atoms with Crippen LogP contribution >= 0.6 is 7.75 Å². The normalized spacial score (nSPS) is 13.8. The van der Waals surface area contributed by atoms with Crippen molar-refractivity contribution in [2.24, 2.45) is 11.8 Å². The summed E-state index contributed by atoms with van der Waals surface area (Å²) in [6.45, 7) is 8.21. The van der Waals surface area contributed by atoms with Crippen molar-refractivity contribution in [3.63, 3.8) is 0 Å². The lowest BCUT2D eigenvalue weighted by atomic mass is 10.0. The van der Waals surface area contributed by atoms with E-state index in [9.17, 15) is 19.5 Å². The van der Waals surface area contributed by atoms with Crippen LogP contribution < -0.4 is 14.1 Å². The molecule has 0 aromatic heterocycles. The molecule has 0 fully saturated rings. The number of rotatable bonds is 14. The van der Waals surface area contributed by atoms with Gasteiger partial charge in [-0.05, 0) is 42.5 Å². The van der Waals surface area contributed by atoms with Crippen molar-refractivity contribution in [1.82, 2.24) is 5.09 Å². The Labute approximate surface area is 200 Å². The van der Waals surface area contributed by atoms with Crippen molar-refractivity contribution in [1.29, 1.82) is 0 Å². The number of hydrogen-bond acceptors (Lipinski definition) is 7. The maximum Gasteiger partial charge on any atom is 0.513 e. The molecule has 9 nitrogen and oxygen atoms in total. The summed E-state index contributed by atoms with van der Waals surface area (Å²) in [5.41, 5.74) is -0.137. The molecule has 2 aromatic rings. The molecule has 0 saturated carbocycles. The second kappa shape index (κ2) is 13.1. The number of ether oxygens (including phenoxy) is 1. The molecular formula is C24H33N2O7P. The van der Waals surface area contributed by atoms with Crippen LogP contribution in [0, 0.1) is 22.0 Å². The summed E-state index contributed by atoms with van der Waals surface area (Å²) in [5.74, 6) is 0.153. The quantitative estimate of drug-likeness (QED) is 0.145. The molecule has 1 N–H and O–H groups in total. The van der Waals surface area contributed by atoms with E-state index in [0.717, 1.165) is 12.8 Å². The zero-order chi connectivity index (χ0) is 25.1. The van der Waals surface area contributed by atoms with Crippen LogP contribution in [0.15, 0.2) is 54.6 Å². The van der Waals surface area contributed by atoms with Gasteiger partial charge in [0.1, 0.15) is 17.5 Å². The first-order valence-corrected chi connectivity index (χ1v) is 12.9. The Morgan fingerprint density at radius 1 is 1.00 bits per heavy atom. The molecule has 2 rings (SSSR count). The Morgan fingerprint density at radius 2 is 1.56 bits per heavy atom. The summed E-state index contributed by atoms with van der Waals surface area (Å²) < 4.78 is 30.7. The Bertz CT molecular complexity index is 963. The number of non-ortho nitro benzene ring substituents is 1. The van der Waals surface area contributed by atoms with E-state index in [0.29, 0.717) is 6.42 Å². The number of esters is 1. The Kier molecular flexibility index (Phi) is 10.5. The SMILES string of the molecule is CCC(CC)COC(=O)[C@H](CC(C)C)NP(=O)(Oc1ccccc1)Oc1ccc([N+](=O)[O-])cc1. The first-order chi connectivity index (χ1) is 16.2. The molecule has 2 aromatic carbocycles. The molecule has 0 bridgehead atoms. The maximum absolute atomic E-state index is 13.8. The van der Waals surface area contributed by atoms with Gasteiger partial charge >= 0.3 is 13.7 Å². The third-order valence-electron chi connectivity index (χ3n) is 5.16. The summed E-state index contributed by atoms with van der Waals surface area (Å²) in [6.07, 6.45) is 2.10. The molecule has 186 valence electrons. The van der Waals surface area contributed by atoms with E-state index in [1.165, 1.54) is 24.3 Å². The van der Waals surface area contributed by atoms with Crippen molar-refractivity contribution in [3.05, 3.63) is 64.7 Å². The molecule has 10 heteroatoms. The van der Waals surface area contributed by atoms with E-state index in [1.54, 1.807) is 30.3 Å². The standard InChI is InChI=1S/C24H33N2O7P/c1-5-19(6-2)17-31-24(27)23(16-18(3)4)25-34(30,32-21-10-8-7-9-11-21)33-22-14-12-20(13-15-22)26(28)29/h7-15,18-19,23H,5-6,16-17H2,1-4H3,(H,25,30)/t23-,34?/m0/s1. The molecule has 1 unspecified atom stereocenters. The van der Waals surface area contributed by atoms with Gasteiger partial charge in [0.15, 0.2) is 0 Å². The molecule has 0 aliphatic carbocycles. The molecule has 2 atom stereocenters. The fraction of sp³-hybridized carbons (Fsp3) is 0.458. The highest BCUT2D eigenvalue weighted by molar-refractivity contribution is 7.52. The molecule has 0 radical (unpaired) electrons. The number of hydrogen-bond donors (Lipinski definition) is 1. The third kappa shape index (κ3) is 8.80. The predicted octanol–water partition coefficient (Wildman–Crippen LogP) is 6.14. The summed E-state index contributed by atoms with van der Waals surface area (Å²) in [7, 11) is -4.15. The van der Waals surface area contributed by atoms with E-state index in [1.807, 2.05) is 27.7 Å². The highest BCUT2D eigenvalue weighted by Crippen LogP contribution is 2.46. The van der Waals surface area contributed by atoms with Gasteiger partial charge < -0.3 is 13.8 Å². The van der Waals surface area contributed by atoms with Gasteiger partial charge in [-0.25, -0.2) is 4.57 Å². The lowest BCUT2D eigenvalue weighted by Crippen LogP contribution is -2.39. The Hall–Kier alpha value is -2.90. The lowest BCUT2D eigenvalue weighted by Gasteiger charge is -2.26. The Morgan fingerprint density at radius 3 is 2.06 bits per heavy atom. The highest BCUT2D eigenvalue weighted by Gasteiger charge is 2.36. The van der Waals surface area contributed by atoms with Crippen LogP contribution in [0.4, 0.5) is 5.69 Å². The van der Waals surface area contributed by atoms with Gasteiger partial charge in [0.25, 0.3) is 5.69 Å². The van der Waals surface area contributed by atoms with Gasteiger partial charge in [0, 0.05) is 12.1 Å². The van der Waals surface area contributed by atoms with Gasteiger partial charge in [0.05, 0.1) is 11.5 Å². The van der Waals surface area contributed by atoms with Crippen LogP contribution in [0.1, 0.15) is 47.0 Å². The van der Waals surface area contributed by atoms with Crippen LogP contribution in [0.25, 0.3) is 0 Å². The minimum Gasteiger partial charge on any atom is -0.464 e. The fourth-order valence-corrected chi connectivity index (χ4v) is 4.68. The van der Waals surface area contributed by atoms with E-state index < -0.39 is 24.7 Å². The average molecular weight is 493 g/mol. The van der Waals surface area contributed by atoms with E-state index in [4.69, 9.17) is 13.8 Å². The van der Waals surface area contributed by atoms with Crippen molar-refractivity contribution < 1.29 is 28.1 Å². The number of para-hydroxylation sites is 1. The minimum absolute atomic E-state index is 0.0859. The minimum atomic E-state index is -4.15. The van der Waals surface area contributed by atoms with E-state index in [-0.39, 0.29) is 35.6 Å². The summed E-state index contributed by atoms with van der Waals surface area (Å²) >= 11 is 0. The number of carbonyl (C=O) groups excluding carboxylic acids is 1. The van der Waals surface area contributed by atoms with Crippen LogP contribution in [-0.4, -0.2) is 23.5 Å². The number of nitro groups is 1. The van der Waals surface area contributed by atoms with Gasteiger partial charge in [-0.15, -0.1) is 0 Å². The maximum atomic E-state index is 13.8. The number of nitro benzene ring substituents is 1. The lowest BCUT2D eigenvalue weighted by molar-refractivity contribution is -0.384. The number of carbonyl (C=O) groups is 1. The van der Waals surface area contributed by atoms with Crippen molar-refractivity contribution in [3.8, 4) is 11.5 Å². The smallest absolute Gasteiger partial charge is 0.464 e. The monoisotopic (exact) mass is 492 g/mol. The summed E-state index contributed by atoms with van der Waals surface area (Å²) in [6, 6.07) is 12.6. The first-order valence-electron chi connectivity index (χ1n) is 11.4. The second-order valence-corrected chi connectivity index (χ2v) is 9.99. The molecule has 0 aliphatic heterocycles. The topological polar surface area (TPSA) is 117 Å². The van der Waals surface area contributed by atoms with Crippen molar-refractivity contribution in [2.75, 3.05) is 6.61 Å². The summed E-state index contributed by atoms with van der Waals surface area (Å²) in [4.78, 5) is 23.3. The molecular weight excluding hydrogens is 459 g/mol. The van der Waals surface area contributed by atoms with Crippen LogP contribution in [0.5, 0.6) is 11.5 Å². The van der Waals surface area contributed by atoms with Crippen molar-refractivity contribution in [2.45, 2.75) is 53.0 Å².